The maximum absolute atomic E-state index is 11.1. The number of benzene rings is 1. The number of hydrogen-bond acceptors (Lipinski definition) is 5. The second kappa shape index (κ2) is 10.5. The molecule has 1 unspecified atom stereocenters. The van der Waals surface area contributed by atoms with E-state index in [4.69, 9.17) is 4.74 Å². The fourth-order valence-corrected chi connectivity index (χ4v) is 2.93. The first-order valence-electron chi connectivity index (χ1n) is 7.23. The van der Waals surface area contributed by atoms with Gasteiger partial charge >= 0.3 is 5.97 Å². The van der Waals surface area contributed by atoms with Crippen LogP contribution in [0.3, 0.4) is 0 Å². The molecule has 0 aromatic heterocycles. The molecule has 4 nitrogen and oxygen atoms in total. The van der Waals surface area contributed by atoms with Gasteiger partial charge in [0.25, 0.3) is 0 Å². The molecule has 118 valence electrons. The SMILES string of the molecule is CCCNC(CSCCC(=O)OC)c1cccc(OC)c1. The molecule has 0 aliphatic carbocycles. The van der Waals surface area contributed by atoms with Crippen molar-refractivity contribution in [3.8, 4) is 5.75 Å². The second-order valence-corrected chi connectivity index (χ2v) is 5.83. The van der Waals surface area contributed by atoms with Crippen LogP contribution in [0.15, 0.2) is 24.3 Å². The molecule has 1 rings (SSSR count). The number of hydrogen-bond donors (Lipinski definition) is 1. The van der Waals surface area contributed by atoms with Crippen LogP contribution in [-0.2, 0) is 9.53 Å². The first-order valence-corrected chi connectivity index (χ1v) is 8.38. The van der Waals surface area contributed by atoms with Crippen molar-refractivity contribution in [2.24, 2.45) is 0 Å². The number of esters is 1. The number of carbonyl (C=O) groups is 1. The van der Waals surface area contributed by atoms with Crippen molar-refractivity contribution in [2.45, 2.75) is 25.8 Å². The summed E-state index contributed by atoms with van der Waals surface area (Å²) in [5.74, 6) is 2.42. The van der Waals surface area contributed by atoms with Gasteiger partial charge in [-0.2, -0.15) is 11.8 Å². The van der Waals surface area contributed by atoms with Gasteiger partial charge in [0.2, 0.25) is 0 Å². The summed E-state index contributed by atoms with van der Waals surface area (Å²) in [4.78, 5) is 11.1. The lowest BCUT2D eigenvalue weighted by Gasteiger charge is -2.19. The maximum Gasteiger partial charge on any atom is 0.306 e. The lowest BCUT2D eigenvalue weighted by Crippen LogP contribution is -2.24. The van der Waals surface area contributed by atoms with Crippen molar-refractivity contribution < 1.29 is 14.3 Å². The average molecular weight is 311 g/mol. The molecule has 1 aromatic rings. The predicted molar refractivity (Wildman–Crippen MR) is 88.0 cm³/mol. The summed E-state index contributed by atoms with van der Waals surface area (Å²) in [5.41, 5.74) is 1.22. The van der Waals surface area contributed by atoms with Gasteiger partial charge in [0.05, 0.1) is 20.6 Å². The highest BCUT2D eigenvalue weighted by Crippen LogP contribution is 2.23. The molecule has 1 aromatic carbocycles. The molecule has 0 amide bonds. The topological polar surface area (TPSA) is 47.6 Å². The number of carbonyl (C=O) groups excluding carboxylic acids is 1. The van der Waals surface area contributed by atoms with Gasteiger partial charge in [0, 0.05) is 17.5 Å². The monoisotopic (exact) mass is 311 g/mol. The number of thioether (sulfide) groups is 1. The van der Waals surface area contributed by atoms with Crippen LogP contribution in [0.2, 0.25) is 0 Å². The Bertz CT molecular complexity index is 426. The van der Waals surface area contributed by atoms with Gasteiger partial charge in [0.1, 0.15) is 5.75 Å². The Balaban J connectivity index is 2.55. The Morgan fingerprint density at radius 1 is 1.38 bits per heavy atom. The predicted octanol–water partition coefficient (Wildman–Crippen LogP) is 3.03. The van der Waals surface area contributed by atoms with E-state index >= 15 is 0 Å². The first-order chi connectivity index (χ1) is 10.2. The molecule has 0 heterocycles. The second-order valence-electron chi connectivity index (χ2n) is 4.68. The minimum absolute atomic E-state index is 0.151. The Labute approximate surface area is 131 Å². The van der Waals surface area contributed by atoms with Gasteiger partial charge in [0.15, 0.2) is 0 Å². The standard InChI is InChI=1S/C16H25NO3S/c1-4-9-17-15(12-21-10-8-16(18)20-3)13-6-5-7-14(11-13)19-2/h5-7,11,15,17H,4,8-10,12H2,1-3H3. The zero-order valence-corrected chi connectivity index (χ0v) is 13.9. The Hall–Kier alpha value is -1.20. The number of ether oxygens (including phenoxy) is 2. The van der Waals surface area contributed by atoms with Gasteiger partial charge in [-0.3, -0.25) is 4.79 Å². The Morgan fingerprint density at radius 2 is 2.19 bits per heavy atom. The summed E-state index contributed by atoms with van der Waals surface area (Å²) in [6.45, 7) is 3.12. The fourth-order valence-electron chi connectivity index (χ4n) is 1.91. The summed E-state index contributed by atoms with van der Waals surface area (Å²) in [7, 11) is 3.10. The number of rotatable bonds is 10. The fraction of sp³-hybridized carbons (Fsp3) is 0.562. The zero-order valence-electron chi connectivity index (χ0n) is 13.1. The van der Waals surface area contributed by atoms with E-state index in [-0.39, 0.29) is 12.0 Å². The Morgan fingerprint density at radius 3 is 2.86 bits per heavy atom. The van der Waals surface area contributed by atoms with E-state index in [0.29, 0.717) is 6.42 Å². The van der Waals surface area contributed by atoms with Gasteiger partial charge in [-0.25, -0.2) is 0 Å². The quantitative estimate of drug-likeness (QED) is 0.531. The van der Waals surface area contributed by atoms with Crippen molar-refractivity contribution in [1.29, 1.82) is 0 Å². The van der Waals surface area contributed by atoms with Crippen LogP contribution in [0, 0.1) is 0 Å². The van der Waals surface area contributed by atoms with Gasteiger partial charge < -0.3 is 14.8 Å². The van der Waals surface area contributed by atoms with E-state index in [1.54, 1.807) is 18.9 Å². The normalized spacial score (nSPS) is 12.0. The van der Waals surface area contributed by atoms with Crippen molar-refractivity contribution in [1.82, 2.24) is 5.32 Å². The Kier molecular flexibility index (Phi) is 8.94. The van der Waals surface area contributed by atoms with Crippen molar-refractivity contribution in [3.63, 3.8) is 0 Å². The van der Waals surface area contributed by atoms with Crippen LogP contribution >= 0.6 is 11.8 Å². The molecule has 0 bridgehead atoms. The molecule has 0 aliphatic heterocycles. The molecule has 0 aliphatic rings. The van der Waals surface area contributed by atoms with E-state index in [1.807, 2.05) is 12.1 Å². The van der Waals surface area contributed by atoms with Crippen molar-refractivity contribution >= 4 is 17.7 Å². The summed E-state index contributed by atoms with van der Waals surface area (Å²) in [6.07, 6.45) is 1.55. The number of methoxy groups -OCH3 is 2. The van der Waals surface area contributed by atoms with Crippen LogP contribution in [-0.4, -0.2) is 38.2 Å². The van der Waals surface area contributed by atoms with E-state index in [1.165, 1.54) is 12.7 Å². The summed E-state index contributed by atoms with van der Waals surface area (Å²) >= 11 is 1.76. The highest BCUT2D eigenvalue weighted by atomic mass is 32.2. The van der Waals surface area contributed by atoms with Crippen LogP contribution in [0.1, 0.15) is 31.4 Å². The first kappa shape index (κ1) is 17.9. The molecule has 0 spiro atoms. The van der Waals surface area contributed by atoms with Gasteiger partial charge in [-0.15, -0.1) is 0 Å². The van der Waals surface area contributed by atoms with E-state index in [2.05, 4.69) is 29.1 Å². The zero-order chi connectivity index (χ0) is 15.5. The summed E-state index contributed by atoms with van der Waals surface area (Å²) in [6, 6.07) is 8.39. The smallest absolute Gasteiger partial charge is 0.306 e. The third-order valence-electron chi connectivity index (χ3n) is 3.10. The highest BCUT2D eigenvalue weighted by Gasteiger charge is 2.12. The van der Waals surface area contributed by atoms with Crippen LogP contribution < -0.4 is 10.1 Å². The third-order valence-corrected chi connectivity index (χ3v) is 4.16. The molecule has 0 fully saturated rings. The van der Waals surface area contributed by atoms with Gasteiger partial charge in [-0.05, 0) is 30.7 Å². The molecular weight excluding hydrogens is 286 g/mol. The molecular formula is C16H25NO3S. The molecule has 0 radical (unpaired) electrons. The number of nitrogens with one attached hydrogen (secondary N) is 1. The van der Waals surface area contributed by atoms with Crippen LogP contribution in [0.25, 0.3) is 0 Å². The molecule has 1 atom stereocenters. The minimum Gasteiger partial charge on any atom is -0.497 e. The van der Waals surface area contributed by atoms with Crippen molar-refractivity contribution in [2.75, 3.05) is 32.3 Å². The molecule has 0 saturated carbocycles. The van der Waals surface area contributed by atoms with E-state index < -0.39 is 0 Å². The van der Waals surface area contributed by atoms with E-state index in [0.717, 1.165) is 30.2 Å². The lowest BCUT2D eigenvalue weighted by atomic mass is 10.1. The van der Waals surface area contributed by atoms with Gasteiger partial charge in [-0.1, -0.05) is 19.1 Å². The highest BCUT2D eigenvalue weighted by molar-refractivity contribution is 7.99. The van der Waals surface area contributed by atoms with Crippen LogP contribution in [0.4, 0.5) is 0 Å². The third kappa shape index (κ3) is 6.87. The average Bonchev–Trinajstić information content (AvgIpc) is 2.53. The largest absolute Gasteiger partial charge is 0.497 e. The lowest BCUT2D eigenvalue weighted by molar-refractivity contribution is -0.140. The minimum atomic E-state index is -0.151. The van der Waals surface area contributed by atoms with E-state index in [9.17, 15) is 4.79 Å². The van der Waals surface area contributed by atoms with Crippen LogP contribution in [0.5, 0.6) is 5.75 Å². The molecule has 0 saturated heterocycles. The molecule has 21 heavy (non-hydrogen) atoms. The maximum atomic E-state index is 11.1. The molecule has 5 heteroatoms. The van der Waals surface area contributed by atoms with Crippen molar-refractivity contribution in [3.05, 3.63) is 29.8 Å². The summed E-state index contributed by atoms with van der Waals surface area (Å²) in [5, 5.41) is 3.55. The summed E-state index contributed by atoms with van der Waals surface area (Å²) < 4.78 is 9.94. The molecule has 1 N–H and O–H groups in total.